The van der Waals surface area contributed by atoms with Crippen molar-refractivity contribution in [2.45, 2.75) is 119 Å². The molecule has 0 aliphatic heterocycles. The molecule has 43 heavy (non-hydrogen) atoms. The normalized spacial score (nSPS) is 11.4. The minimum absolute atomic E-state index is 0. The quantitative estimate of drug-likeness (QED) is 0.170. The molecule has 0 bridgehead atoms. The second-order valence-electron chi connectivity index (χ2n) is 14.7. The van der Waals surface area contributed by atoms with E-state index in [0.29, 0.717) is 47.0 Å². The fraction of sp³-hybridized carbons (Fsp3) is 0.667. The first-order valence-corrected chi connectivity index (χ1v) is 21.4. The third-order valence-electron chi connectivity index (χ3n) is 6.24. The predicted molar refractivity (Wildman–Crippen MR) is 190 cm³/mol. The number of aromatic hydroxyl groups is 2. The molecule has 0 atom stereocenters. The average Bonchev–Trinajstić information content (AvgIpc) is 2.77. The van der Waals surface area contributed by atoms with E-state index in [1.165, 1.54) is 0 Å². The SMILES string of the molecule is CC(C)C[Si](O)(CC(C)C)CC(C)C.CC(C)C[Si](O)(CC(C)C)CC(C)C.Oc1ccccc1.Oc1ccccc1.[Ti]. The Labute approximate surface area is 283 Å². The molecule has 0 saturated heterocycles. The minimum atomic E-state index is -1.94. The van der Waals surface area contributed by atoms with Crippen LogP contribution in [0.4, 0.5) is 0 Å². The van der Waals surface area contributed by atoms with E-state index in [1.54, 1.807) is 48.5 Å². The molecule has 248 valence electrons. The molecule has 2 rings (SSSR count). The van der Waals surface area contributed by atoms with E-state index < -0.39 is 16.6 Å². The second kappa shape index (κ2) is 25.3. The van der Waals surface area contributed by atoms with E-state index in [2.05, 4.69) is 83.1 Å². The zero-order chi connectivity index (χ0) is 32.9. The smallest absolute Gasteiger partial charge is 0.189 e. The Morgan fingerprint density at radius 1 is 0.395 bits per heavy atom. The maximum Gasteiger partial charge on any atom is 0.189 e. The van der Waals surface area contributed by atoms with E-state index in [-0.39, 0.29) is 21.7 Å². The molecular weight excluding hydrogens is 600 g/mol. The molecule has 0 aromatic heterocycles. The standard InChI is InChI=1S/2C12H28OSi.2C6H6O.Ti/c2*1-10(2)7-14(13,8-11(3)4)9-12(5)6;2*7-6-4-2-1-3-5-6;/h2*10-13H,7-9H2,1-6H3;2*1-5,7H;. The molecule has 7 heteroatoms. The summed E-state index contributed by atoms with van der Waals surface area (Å²) in [7, 11) is -3.88. The number of phenolic OH excluding ortho intramolecular Hbond substituents is 2. The molecule has 0 radical (unpaired) electrons. The monoisotopic (exact) mass is 668 g/mol. The zero-order valence-corrected chi connectivity index (χ0v) is 33.3. The van der Waals surface area contributed by atoms with Crippen molar-refractivity contribution in [3.05, 3.63) is 60.7 Å². The summed E-state index contributed by atoms with van der Waals surface area (Å²) < 4.78 is 0. The van der Waals surface area contributed by atoms with Crippen LogP contribution in [0.15, 0.2) is 60.7 Å². The molecule has 2 aromatic rings. The van der Waals surface area contributed by atoms with Crippen LogP contribution in [0.2, 0.25) is 36.3 Å². The molecule has 0 unspecified atom stereocenters. The van der Waals surface area contributed by atoms with Crippen LogP contribution in [0.3, 0.4) is 0 Å². The topological polar surface area (TPSA) is 80.9 Å². The Kier molecular flexibility index (Phi) is 27.4. The van der Waals surface area contributed by atoms with Gasteiger partial charge in [-0.25, -0.2) is 0 Å². The van der Waals surface area contributed by atoms with Gasteiger partial charge in [-0.3, -0.25) is 0 Å². The maximum absolute atomic E-state index is 10.7. The van der Waals surface area contributed by atoms with E-state index >= 15 is 0 Å². The van der Waals surface area contributed by atoms with Gasteiger partial charge < -0.3 is 19.8 Å². The van der Waals surface area contributed by atoms with Crippen LogP contribution in [0.1, 0.15) is 83.1 Å². The number of hydrogen-bond acceptors (Lipinski definition) is 4. The molecule has 0 aliphatic carbocycles. The Balaban J connectivity index is -0.000000514. The summed E-state index contributed by atoms with van der Waals surface area (Å²) in [6.45, 7) is 26.7. The van der Waals surface area contributed by atoms with Crippen LogP contribution in [-0.2, 0) is 21.7 Å². The van der Waals surface area contributed by atoms with Crippen molar-refractivity contribution >= 4 is 16.6 Å². The van der Waals surface area contributed by atoms with Gasteiger partial charge in [-0.15, -0.1) is 0 Å². The summed E-state index contributed by atoms with van der Waals surface area (Å²) in [6, 6.07) is 23.9. The summed E-state index contributed by atoms with van der Waals surface area (Å²) in [5, 5.41) is 17.3. The van der Waals surface area contributed by atoms with Crippen LogP contribution >= 0.6 is 0 Å². The number of para-hydroxylation sites is 2. The number of hydrogen-bond donors (Lipinski definition) is 4. The first-order chi connectivity index (χ1) is 19.3. The van der Waals surface area contributed by atoms with Gasteiger partial charge in [0.1, 0.15) is 11.5 Å². The zero-order valence-electron chi connectivity index (χ0n) is 29.8. The van der Waals surface area contributed by atoms with Crippen molar-refractivity contribution in [2.75, 3.05) is 0 Å². The van der Waals surface area contributed by atoms with Gasteiger partial charge in [0, 0.05) is 21.7 Å². The van der Waals surface area contributed by atoms with Gasteiger partial charge >= 0.3 is 0 Å². The van der Waals surface area contributed by atoms with Gasteiger partial charge in [-0.2, -0.15) is 0 Å². The van der Waals surface area contributed by atoms with Crippen molar-refractivity contribution in [1.82, 2.24) is 0 Å². The van der Waals surface area contributed by atoms with Gasteiger partial charge in [0.05, 0.1) is 0 Å². The van der Waals surface area contributed by atoms with Crippen molar-refractivity contribution in [2.24, 2.45) is 35.5 Å². The minimum Gasteiger partial charge on any atom is -0.508 e. The van der Waals surface area contributed by atoms with Crippen molar-refractivity contribution in [3.8, 4) is 11.5 Å². The molecule has 4 nitrogen and oxygen atoms in total. The Hall–Kier alpha value is -0.892. The van der Waals surface area contributed by atoms with Crippen molar-refractivity contribution < 1.29 is 41.5 Å². The maximum atomic E-state index is 10.7. The summed E-state index contributed by atoms with van der Waals surface area (Å²) >= 11 is 0. The molecule has 0 spiro atoms. The second-order valence-corrected chi connectivity index (χ2v) is 22.1. The van der Waals surface area contributed by atoms with Gasteiger partial charge in [-0.1, -0.05) is 119 Å². The fourth-order valence-electron chi connectivity index (χ4n) is 5.92. The first kappa shape index (κ1) is 46.5. The van der Waals surface area contributed by atoms with Crippen LogP contribution in [0.5, 0.6) is 11.5 Å². The Morgan fingerprint density at radius 3 is 0.651 bits per heavy atom. The van der Waals surface area contributed by atoms with E-state index in [1.807, 2.05) is 12.1 Å². The molecule has 0 amide bonds. The number of phenols is 2. The van der Waals surface area contributed by atoms with Gasteiger partial charge in [0.15, 0.2) is 16.6 Å². The number of rotatable bonds is 12. The molecule has 0 heterocycles. The number of benzene rings is 2. The summed E-state index contributed by atoms with van der Waals surface area (Å²) in [6.07, 6.45) is 0. The summed E-state index contributed by atoms with van der Waals surface area (Å²) in [5.41, 5.74) is 0. The first-order valence-electron chi connectivity index (χ1n) is 16.2. The molecule has 0 aliphatic rings. The van der Waals surface area contributed by atoms with Crippen molar-refractivity contribution in [3.63, 3.8) is 0 Å². The van der Waals surface area contributed by atoms with Gasteiger partial charge in [0.25, 0.3) is 0 Å². The van der Waals surface area contributed by atoms with Gasteiger partial charge in [0.2, 0.25) is 0 Å². The molecule has 4 N–H and O–H groups in total. The third-order valence-corrected chi connectivity index (χ3v) is 15.7. The van der Waals surface area contributed by atoms with E-state index in [4.69, 9.17) is 10.2 Å². The molecule has 0 fully saturated rings. The average molecular weight is 669 g/mol. The van der Waals surface area contributed by atoms with Gasteiger partial charge in [-0.05, 0) is 96.0 Å². The third kappa shape index (κ3) is 30.9. The van der Waals surface area contributed by atoms with E-state index in [0.717, 1.165) is 36.3 Å². The molecule has 0 saturated carbocycles. The van der Waals surface area contributed by atoms with Crippen molar-refractivity contribution in [1.29, 1.82) is 0 Å². The van der Waals surface area contributed by atoms with Crippen LogP contribution in [-0.4, -0.2) is 36.4 Å². The predicted octanol–water partition coefficient (Wildman–Crippen LogP) is 10.6. The Bertz CT molecular complexity index is 749. The largest absolute Gasteiger partial charge is 0.508 e. The van der Waals surface area contributed by atoms with Crippen LogP contribution in [0, 0.1) is 35.5 Å². The summed E-state index contributed by atoms with van der Waals surface area (Å²) in [4.78, 5) is 21.3. The molecular formula is C36H68O4Si2Ti. The van der Waals surface area contributed by atoms with Crippen LogP contribution < -0.4 is 0 Å². The summed E-state index contributed by atoms with van der Waals surface area (Å²) in [5.74, 6) is 4.50. The van der Waals surface area contributed by atoms with E-state index in [9.17, 15) is 9.59 Å². The molecule has 2 aromatic carbocycles. The van der Waals surface area contributed by atoms with Crippen LogP contribution in [0.25, 0.3) is 0 Å². The fourth-order valence-corrected chi connectivity index (χ4v) is 16.0. The Morgan fingerprint density at radius 2 is 0.558 bits per heavy atom.